The molecule has 0 unspecified atom stereocenters. The van der Waals surface area contributed by atoms with Gasteiger partial charge in [0.2, 0.25) is 6.29 Å². The smallest absolute Gasteiger partial charge is 0.286 e. The van der Waals surface area contributed by atoms with Gasteiger partial charge in [-0.25, -0.2) is 0 Å². The normalized spacial score (nSPS) is 25.3. The second-order valence-corrected chi connectivity index (χ2v) is 7.69. The highest BCUT2D eigenvalue weighted by Gasteiger charge is 2.34. The number of carbonyl (C=O) groups excluding carboxylic acids is 1. The highest BCUT2D eigenvalue weighted by Crippen LogP contribution is 2.36. The lowest BCUT2D eigenvalue weighted by molar-refractivity contribution is -0.153. The summed E-state index contributed by atoms with van der Waals surface area (Å²) in [4.78, 5) is 12.4. The van der Waals surface area contributed by atoms with Crippen LogP contribution in [0.15, 0.2) is 11.8 Å². The monoisotopic (exact) mass is 325 g/mol. The van der Waals surface area contributed by atoms with Gasteiger partial charge in [0, 0.05) is 19.1 Å². The number of aliphatic hydroxyl groups is 1. The predicted molar refractivity (Wildman–Crippen MR) is 88.6 cm³/mol. The molecule has 23 heavy (non-hydrogen) atoms. The third-order valence-electron chi connectivity index (χ3n) is 4.69. The Hall–Kier alpha value is -1.07. The largest absolute Gasteiger partial charge is 0.459 e. The SMILES string of the molecule is CC(C)(C)[C@@H]1C=C(C(=O)NC2CCC2)O[C@H](OCCCCO)C1. The first-order valence-corrected chi connectivity index (χ1v) is 8.82. The lowest BCUT2D eigenvalue weighted by atomic mass is 9.77. The van der Waals surface area contributed by atoms with E-state index in [1.807, 2.05) is 6.08 Å². The number of aliphatic hydroxyl groups excluding tert-OH is 1. The van der Waals surface area contributed by atoms with Crippen molar-refractivity contribution in [3.05, 3.63) is 11.8 Å². The van der Waals surface area contributed by atoms with Crippen molar-refractivity contribution in [2.45, 2.75) is 71.6 Å². The molecule has 2 atom stereocenters. The second-order valence-electron chi connectivity index (χ2n) is 7.69. The third kappa shape index (κ3) is 5.50. The molecule has 0 spiro atoms. The molecular formula is C18H31NO4. The number of unbranched alkanes of at least 4 members (excludes halogenated alkanes) is 1. The van der Waals surface area contributed by atoms with Gasteiger partial charge in [-0.15, -0.1) is 0 Å². The van der Waals surface area contributed by atoms with Gasteiger partial charge in [-0.3, -0.25) is 4.79 Å². The second kappa shape index (κ2) is 8.15. The summed E-state index contributed by atoms with van der Waals surface area (Å²) in [7, 11) is 0. The highest BCUT2D eigenvalue weighted by atomic mass is 16.7. The molecule has 2 rings (SSSR count). The van der Waals surface area contributed by atoms with E-state index in [9.17, 15) is 4.79 Å². The molecule has 0 saturated heterocycles. The molecule has 1 amide bonds. The minimum atomic E-state index is -0.384. The first kappa shape index (κ1) is 18.3. The number of amides is 1. The van der Waals surface area contributed by atoms with E-state index in [4.69, 9.17) is 14.6 Å². The third-order valence-corrected chi connectivity index (χ3v) is 4.69. The predicted octanol–water partition coefficient (Wildman–Crippen LogP) is 2.74. The summed E-state index contributed by atoms with van der Waals surface area (Å²) < 4.78 is 11.6. The van der Waals surface area contributed by atoms with Gasteiger partial charge in [-0.05, 0) is 49.5 Å². The maximum Gasteiger partial charge on any atom is 0.286 e. The van der Waals surface area contributed by atoms with Gasteiger partial charge in [-0.1, -0.05) is 20.8 Å². The van der Waals surface area contributed by atoms with Gasteiger partial charge in [0.25, 0.3) is 5.91 Å². The van der Waals surface area contributed by atoms with Crippen molar-refractivity contribution < 1.29 is 19.4 Å². The number of carbonyl (C=O) groups is 1. The molecule has 0 radical (unpaired) electrons. The first-order valence-electron chi connectivity index (χ1n) is 8.82. The number of nitrogens with one attached hydrogen (secondary N) is 1. The van der Waals surface area contributed by atoms with Crippen LogP contribution in [0.2, 0.25) is 0 Å². The molecule has 0 aromatic heterocycles. The van der Waals surface area contributed by atoms with Crippen LogP contribution in [0.4, 0.5) is 0 Å². The van der Waals surface area contributed by atoms with Gasteiger partial charge < -0.3 is 19.9 Å². The standard InChI is InChI=1S/C18H31NO4/c1-18(2,3)13-11-15(17(21)19-14-7-6-8-14)23-16(12-13)22-10-5-4-9-20/h11,13-14,16,20H,4-10,12H2,1-3H3,(H,19,21)/t13-,16+/m1/s1. The van der Waals surface area contributed by atoms with Crippen molar-refractivity contribution >= 4 is 5.91 Å². The first-order chi connectivity index (χ1) is 10.9. The Morgan fingerprint density at radius 3 is 2.70 bits per heavy atom. The van der Waals surface area contributed by atoms with E-state index in [0.717, 1.165) is 32.1 Å². The van der Waals surface area contributed by atoms with Crippen molar-refractivity contribution in [2.75, 3.05) is 13.2 Å². The summed E-state index contributed by atoms with van der Waals surface area (Å²) in [5.74, 6) is 0.518. The summed E-state index contributed by atoms with van der Waals surface area (Å²) in [5.41, 5.74) is 0.0541. The topological polar surface area (TPSA) is 67.8 Å². The molecule has 0 aromatic carbocycles. The minimum Gasteiger partial charge on any atom is -0.459 e. The van der Waals surface area contributed by atoms with Gasteiger partial charge in [0.15, 0.2) is 5.76 Å². The van der Waals surface area contributed by atoms with E-state index in [1.54, 1.807) is 0 Å². The fourth-order valence-electron chi connectivity index (χ4n) is 2.76. The van der Waals surface area contributed by atoms with Crippen LogP contribution in [0.5, 0.6) is 0 Å². The summed E-state index contributed by atoms with van der Waals surface area (Å²) in [6, 6.07) is 0.297. The van der Waals surface area contributed by atoms with Crippen LogP contribution in [0, 0.1) is 11.3 Å². The average molecular weight is 325 g/mol. The minimum absolute atomic E-state index is 0.0541. The van der Waals surface area contributed by atoms with Crippen LogP contribution in [-0.4, -0.2) is 36.6 Å². The number of hydrogen-bond donors (Lipinski definition) is 2. The van der Waals surface area contributed by atoms with Crippen LogP contribution < -0.4 is 5.32 Å². The lowest BCUT2D eigenvalue weighted by Crippen LogP contribution is -2.43. The maximum absolute atomic E-state index is 12.4. The Labute approximate surface area is 139 Å². The number of hydrogen-bond acceptors (Lipinski definition) is 4. The Bertz CT molecular complexity index is 423. The maximum atomic E-state index is 12.4. The fourth-order valence-corrected chi connectivity index (χ4v) is 2.76. The molecule has 2 aliphatic rings. The Morgan fingerprint density at radius 1 is 1.39 bits per heavy atom. The van der Waals surface area contributed by atoms with Crippen molar-refractivity contribution in [3.8, 4) is 0 Å². The van der Waals surface area contributed by atoms with Gasteiger partial charge >= 0.3 is 0 Å². The molecule has 5 heteroatoms. The molecule has 1 fully saturated rings. The van der Waals surface area contributed by atoms with Crippen molar-refractivity contribution in [1.82, 2.24) is 5.32 Å². The van der Waals surface area contributed by atoms with Crippen LogP contribution >= 0.6 is 0 Å². The van der Waals surface area contributed by atoms with E-state index in [-0.39, 0.29) is 30.1 Å². The lowest BCUT2D eigenvalue weighted by Gasteiger charge is -2.36. The van der Waals surface area contributed by atoms with Crippen molar-refractivity contribution in [3.63, 3.8) is 0 Å². The zero-order valence-electron chi connectivity index (χ0n) is 14.6. The zero-order chi connectivity index (χ0) is 16.9. The van der Waals surface area contributed by atoms with Crippen LogP contribution in [-0.2, 0) is 14.3 Å². The Morgan fingerprint density at radius 2 is 2.13 bits per heavy atom. The van der Waals surface area contributed by atoms with Crippen molar-refractivity contribution in [2.24, 2.45) is 11.3 Å². The average Bonchev–Trinajstić information content (AvgIpc) is 2.46. The van der Waals surface area contributed by atoms with Gasteiger partial charge in [-0.2, -0.15) is 0 Å². The molecule has 0 bridgehead atoms. The molecule has 2 N–H and O–H groups in total. The molecule has 1 saturated carbocycles. The Kier molecular flexibility index (Phi) is 6.48. The van der Waals surface area contributed by atoms with Crippen molar-refractivity contribution in [1.29, 1.82) is 0 Å². The zero-order valence-corrected chi connectivity index (χ0v) is 14.6. The number of allylic oxidation sites excluding steroid dienone is 1. The molecule has 1 heterocycles. The van der Waals surface area contributed by atoms with Gasteiger partial charge in [0.05, 0.1) is 6.61 Å². The van der Waals surface area contributed by atoms with Crippen LogP contribution in [0.3, 0.4) is 0 Å². The number of rotatable bonds is 7. The van der Waals surface area contributed by atoms with E-state index in [2.05, 4.69) is 26.1 Å². The molecule has 5 nitrogen and oxygen atoms in total. The molecule has 1 aliphatic heterocycles. The molecule has 0 aromatic rings. The molecule has 1 aliphatic carbocycles. The number of ether oxygens (including phenoxy) is 2. The van der Waals surface area contributed by atoms with E-state index in [0.29, 0.717) is 18.4 Å². The summed E-state index contributed by atoms with van der Waals surface area (Å²) in [5, 5.41) is 11.9. The van der Waals surface area contributed by atoms with Crippen LogP contribution in [0.25, 0.3) is 0 Å². The fraction of sp³-hybridized carbons (Fsp3) is 0.833. The van der Waals surface area contributed by atoms with E-state index in [1.165, 1.54) is 6.42 Å². The summed E-state index contributed by atoms with van der Waals surface area (Å²) in [6.45, 7) is 7.23. The van der Waals surface area contributed by atoms with Gasteiger partial charge in [0.1, 0.15) is 0 Å². The molecular weight excluding hydrogens is 294 g/mol. The van der Waals surface area contributed by atoms with Crippen LogP contribution in [0.1, 0.15) is 59.3 Å². The van der Waals surface area contributed by atoms with E-state index >= 15 is 0 Å². The summed E-state index contributed by atoms with van der Waals surface area (Å²) in [6.07, 6.45) is 7.15. The molecule has 132 valence electrons. The van der Waals surface area contributed by atoms with E-state index < -0.39 is 0 Å². The highest BCUT2D eigenvalue weighted by molar-refractivity contribution is 5.91. The summed E-state index contributed by atoms with van der Waals surface area (Å²) >= 11 is 0. The Balaban J connectivity index is 1.96. The quantitative estimate of drug-likeness (QED) is 0.706.